The molecule has 0 aliphatic heterocycles. The lowest BCUT2D eigenvalue weighted by Gasteiger charge is -2.31. The highest BCUT2D eigenvalue weighted by molar-refractivity contribution is 7.37. The maximum absolute atomic E-state index is 2.40. The first kappa shape index (κ1) is 9.52. The van der Waals surface area contributed by atoms with Gasteiger partial charge < -0.3 is 0 Å². The van der Waals surface area contributed by atoms with E-state index < -0.39 is 0 Å². The highest BCUT2D eigenvalue weighted by atomic mass is 31.1. The van der Waals surface area contributed by atoms with Crippen LogP contribution in [0.4, 0.5) is 0 Å². The summed E-state index contributed by atoms with van der Waals surface area (Å²) in [5.74, 6) is 1.01. The number of hydrogen-bond acceptors (Lipinski definition) is 0. The van der Waals surface area contributed by atoms with Crippen molar-refractivity contribution in [3.63, 3.8) is 0 Å². The fraction of sp³-hybridized carbons (Fsp3) is 1.00. The predicted octanol–water partition coefficient (Wildman–Crippen LogP) is 3.51. The fourth-order valence-electron chi connectivity index (χ4n) is 2.34. The second-order valence-corrected chi connectivity index (χ2v) is 6.12. The van der Waals surface area contributed by atoms with E-state index in [2.05, 4.69) is 27.4 Å². The van der Waals surface area contributed by atoms with Crippen LogP contribution in [0.25, 0.3) is 0 Å². The maximum atomic E-state index is 2.40. The van der Waals surface area contributed by atoms with Gasteiger partial charge in [-0.05, 0) is 36.5 Å². The standard InChI is InChI=1S/C10H21P/c1-10(2,3)8-6-5-7-9(8)11-4/h8-9,11H,5-7H2,1-4H3/t8-,9?/m1/s1. The molecule has 1 saturated carbocycles. The lowest BCUT2D eigenvalue weighted by Crippen LogP contribution is -2.24. The minimum Gasteiger partial charge on any atom is -0.122 e. The first-order valence-electron chi connectivity index (χ1n) is 4.73. The zero-order chi connectivity index (χ0) is 8.48. The van der Waals surface area contributed by atoms with Gasteiger partial charge in [0, 0.05) is 0 Å². The Morgan fingerprint density at radius 3 is 2.18 bits per heavy atom. The third-order valence-electron chi connectivity index (χ3n) is 3.00. The maximum Gasteiger partial charge on any atom is -0.0206 e. The Balaban J connectivity index is 2.57. The van der Waals surface area contributed by atoms with E-state index in [4.69, 9.17) is 0 Å². The molecule has 0 heterocycles. The van der Waals surface area contributed by atoms with Crippen LogP contribution in [-0.2, 0) is 0 Å². The van der Waals surface area contributed by atoms with Gasteiger partial charge in [-0.25, -0.2) is 0 Å². The van der Waals surface area contributed by atoms with E-state index in [1.807, 2.05) is 0 Å². The van der Waals surface area contributed by atoms with E-state index in [1.165, 1.54) is 27.8 Å². The second-order valence-electron chi connectivity index (χ2n) is 4.80. The third kappa shape index (κ3) is 2.18. The molecule has 0 nitrogen and oxygen atoms in total. The molecule has 0 radical (unpaired) electrons. The molecule has 66 valence electrons. The Hall–Kier alpha value is 0.430. The Labute approximate surface area is 72.9 Å². The molecule has 11 heavy (non-hydrogen) atoms. The van der Waals surface area contributed by atoms with E-state index in [1.54, 1.807) is 0 Å². The van der Waals surface area contributed by atoms with E-state index in [-0.39, 0.29) is 0 Å². The van der Waals surface area contributed by atoms with E-state index >= 15 is 0 Å². The highest BCUT2D eigenvalue weighted by Gasteiger charge is 2.34. The van der Waals surface area contributed by atoms with Crippen molar-refractivity contribution in [3.8, 4) is 0 Å². The molecule has 0 bridgehead atoms. The topological polar surface area (TPSA) is 0 Å². The lowest BCUT2D eigenvalue weighted by atomic mass is 9.79. The third-order valence-corrected chi connectivity index (χ3v) is 4.43. The molecule has 1 fully saturated rings. The average molecular weight is 172 g/mol. The van der Waals surface area contributed by atoms with Crippen molar-refractivity contribution in [2.75, 3.05) is 6.66 Å². The van der Waals surface area contributed by atoms with Gasteiger partial charge in [0.1, 0.15) is 0 Å². The summed E-state index contributed by atoms with van der Waals surface area (Å²) in [4.78, 5) is 0. The summed E-state index contributed by atoms with van der Waals surface area (Å²) in [5.41, 5.74) is 1.61. The molecule has 1 aliphatic carbocycles. The molecule has 0 amide bonds. The number of rotatable bonds is 1. The van der Waals surface area contributed by atoms with Crippen LogP contribution in [0.3, 0.4) is 0 Å². The van der Waals surface area contributed by atoms with Crippen LogP contribution in [0.5, 0.6) is 0 Å². The van der Waals surface area contributed by atoms with Crippen molar-refractivity contribution < 1.29 is 0 Å². The van der Waals surface area contributed by atoms with E-state index in [9.17, 15) is 0 Å². The molecule has 1 heteroatoms. The molecule has 0 aromatic rings. The van der Waals surface area contributed by atoms with Gasteiger partial charge in [-0.1, -0.05) is 27.2 Å². The first-order chi connectivity index (χ1) is 5.05. The summed E-state index contributed by atoms with van der Waals surface area (Å²) in [6.45, 7) is 9.57. The van der Waals surface area contributed by atoms with Crippen molar-refractivity contribution in [1.82, 2.24) is 0 Å². The van der Waals surface area contributed by atoms with Gasteiger partial charge in [0.05, 0.1) is 0 Å². The van der Waals surface area contributed by atoms with Crippen LogP contribution in [0.2, 0.25) is 0 Å². The van der Waals surface area contributed by atoms with Crippen molar-refractivity contribution in [2.45, 2.75) is 45.7 Å². The van der Waals surface area contributed by atoms with Gasteiger partial charge >= 0.3 is 0 Å². The molecule has 0 saturated heterocycles. The Morgan fingerprint density at radius 2 is 1.82 bits per heavy atom. The monoisotopic (exact) mass is 172 g/mol. The summed E-state index contributed by atoms with van der Waals surface area (Å²) in [6, 6.07) is 0. The van der Waals surface area contributed by atoms with Crippen LogP contribution < -0.4 is 0 Å². The van der Waals surface area contributed by atoms with Crippen LogP contribution in [0.15, 0.2) is 0 Å². The number of hydrogen-bond donors (Lipinski definition) is 0. The summed E-state index contributed by atoms with van der Waals surface area (Å²) in [6.07, 6.45) is 4.46. The van der Waals surface area contributed by atoms with Gasteiger partial charge in [0.2, 0.25) is 0 Å². The first-order valence-corrected chi connectivity index (χ1v) is 6.30. The summed E-state index contributed by atoms with van der Waals surface area (Å²) in [5, 5.41) is 0. The molecular weight excluding hydrogens is 151 g/mol. The van der Waals surface area contributed by atoms with Crippen LogP contribution in [-0.4, -0.2) is 12.3 Å². The highest BCUT2D eigenvalue weighted by Crippen LogP contribution is 2.46. The molecule has 0 spiro atoms. The smallest absolute Gasteiger partial charge is 0.0206 e. The molecular formula is C10H21P. The van der Waals surface area contributed by atoms with Gasteiger partial charge in [0.15, 0.2) is 0 Å². The van der Waals surface area contributed by atoms with Crippen LogP contribution >= 0.6 is 8.58 Å². The second kappa shape index (κ2) is 3.44. The van der Waals surface area contributed by atoms with Gasteiger partial charge in [-0.2, -0.15) is 0 Å². The zero-order valence-corrected chi connectivity index (χ0v) is 9.28. The molecule has 3 atom stereocenters. The van der Waals surface area contributed by atoms with Crippen molar-refractivity contribution in [2.24, 2.45) is 11.3 Å². The lowest BCUT2D eigenvalue weighted by molar-refractivity contribution is 0.251. The van der Waals surface area contributed by atoms with Crippen LogP contribution in [0.1, 0.15) is 40.0 Å². The molecule has 0 aromatic heterocycles. The SMILES string of the molecule is CPC1CCC[C@H]1C(C)(C)C. The molecule has 1 aliphatic rings. The van der Waals surface area contributed by atoms with Crippen LogP contribution in [0, 0.1) is 11.3 Å². The van der Waals surface area contributed by atoms with Gasteiger partial charge in [-0.3, -0.25) is 0 Å². The van der Waals surface area contributed by atoms with Crippen molar-refractivity contribution in [3.05, 3.63) is 0 Å². The quantitative estimate of drug-likeness (QED) is 0.531. The summed E-state index contributed by atoms with van der Waals surface area (Å²) in [7, 11) is 1.17. The minimum atomic E-state index is 0.560. The summed E-state index contributed by atoms with van der Waals surface area (Å²) >= 11 is 0. The Bertz CT molecular complexity index is 123. The van der Waals surface area contributed by atoms with Crippen molar-refractivity contribution >= 4 is 8.58 Å². The van der Waals surface area contributed by atoms with Gasteiger partial charge in [-0.15, -0.1) is 8.58 Å². The van der Waals surface area contributed by atoms with Gasteiger partial charge in [0.25, 0.3) is 0 Å². The molecule has 1 rings (SSSR count). The zero-order valence-electron chi connectivity index (χ0n) is 8.28. The molecule has 0 aromatic carbocycles. The average Bonchev–Trinajstić information content (AvgIpc) is 2.31. The Morgan fingerprint density at radius 1 is 1.18 bits per heavy atom. The Kier molecular flexibility index (Phi) is 2.97. The molecule has 0 N–H and O–H groups in total. The largest absolute Gasteiger partial charge is 0.122 e. The fourth-order valence-corrected chi connectivity index (χ4v) is 3.90. The predicted molar refractivity (Wildman–Crippen MR) is 54.8 cm³/mol. The summed E-state index contributed by atoms with van der Waals surface area (Å²) < 4.78 is 0. The van der Waals surface area contributed by atoms with E-state index in [0.29, 0.717) is 5.41 Å². The van der Waals surface area contributed by atoms with Crippen molar-refractivity contribution in [1.29, 1.82) is 0 Å². The normalized spacial score (nSPS) is 33.8. The minimum absolute atomic E-state index is 0.560. The van der Waals surface area contributed by atoms with E-state index in [0.717, 1.165) is 11.6 Å². The molecule has 2 unspecified atom stereocenters.